The summed E-state index contributed by atoms with van der Waals surface area (Å²) in [6.45, 7) is 4.77. The van der Waals surface area contributed by atoms with Gasteiger partial charge in [-0.1, -0.05) is 12.1 Å². The number of benzene rings is 1. The van der Waals surface area contributed by atoms with Gasteiger partial charge in [0.25, 0.3) is 0 Å². The molecule has 2 saturated heterocycles. The first-order valence-corrected chi connectivity index (χ1v) is 8.39. The minimum Gasteiger partial charge on any atom is -0.494 e. The van der Waals surface area contributed by atoms with Crippen molar-refractivity contribution in [1.29, 1.82) is 0 Å². The highest BCUT2D eigenvalue weighted by Gasteiger charge is 2.38. The molecule has 3 rings (SSSR count). The third kappa shape index (κ3) is 3.27. The Morgan fingerprint density at radius 3 is 2.64 bits per heavy atom. The lowest BCUT2D eigenvalue weighted by molar-refractivity contribution is -0.133. The van der Waals surface area contributed by atoms with Gasteiger partial charge in [0.05, 0.1) is 13.0 Å². The van der Waals surface area contributed by atoms with Crippen LogP contribution in [0.2, 0.25) is 0 Å². The summed E-state index contributed by atoms with van der Waals surface area (Å²) in [5.74, 6) is 1.15. The smallest absolute Gasteiger partial charge is 0.227 e. The van der Waals surface area contributed by atoms with Gasteiger partial charge in [0.2, 0.25) is 5.91 Å². The molecule has 0 radical (unpaired) electrons. The van der Waals surface area contributed by atoms with Crippen LogP contribution >= 0.6 is 0 Å². The SMILES string of the molecule is CCOc1ccc(CC(=O)N2[C@@H]3CC[C@H]2CN(C)CC3)cc1. The van der Waals surface area contributed by atoms with Crippen molar-refractivity contribution < 1.29 is 9.53 Å². The monoisotopic (exact) mass is 302 g/mol. The topological polar surface area (TPSA) is 32.8 Å². The van der Waals surface area contributed by atoms with E-state index in [-0.39, 0.29) is 5.91 Å². The first kappa shape index (κ1) is 15.3. The van der Waals surface area contributed by atoms with Gasteiger partial charge in [-0.2, -0.15) is 0 Å². The molecule has 2 bridgehead atoms. The Balaban J connectivity index is 1.66. The maximum Gasteiger partial charge on any atom is 0.227 e. The van der Waals surface area contributed by atoms with E-state index in [0.29, 0.717) is 25.1 Å². The van der Waals surface area contributed by atoms with Crippen LogP contribution < -0.4 is 4.74 Å². The first-order valence-electron chi connectivity index (χ1n) is 8.39. The van der Waals surface area contributed by atoms with E-state index in [4.69, 9.17) is 4.74 Å². The van der Waals surface area contributed by atoms with Crippen molar-refractivity contribution in [3.05, 3.63) is 29.8 Å². The van der Waals surface area contributed by atoms with E-state index in [9.17, 15) is 4.79 Å². The summed E-state index contributed by atoms with van der Waals surface area (Å²) in [4.78, 5) is 17.3. The van der Waals surface area contributed by atoms with E-state index in [1.54, 1.807) is 0 Å². The molecule has 0 unspecified atom stereocenters. The van der Waals surface area contributed by atoms with E-state index >= 15 is 0 Å². The van der Waals surface area contributed by atoms with Crippen molar-refractivity contribution in [3.63, 3.8) is 0 Å². The number of ether oxygens (including phenoxy) is 1. The van der Waals surface area contributed by atoms with Gasteiger partial charge in [-0.3, -0.25) is 4.79 Å². The number of hydrogen-bond donors (Lipinski definition) is 0. The van der Waals surface area contributed by atoms with Gasteiger partial charge in [-0.05, 0) is 57.5 Å². The minimum atomic E-state index is 0.284. The van der Waals surface area contributed by atoms with Crippen LogP contribution in [-0.2, 0) is 11.2 Å². The van der Waals surface area contributed by atoms with Gasteiger partial charge in [0.1, 0.15) is 5.75 Å². The number of rotatable bonds is 4. The summed E-state index contributed by atoms with van der Waals surface area (Å²) in [5.41, 5.74) is 1.07. The van der Waals surface area contributed by atoms with Crippen LogP contribution in [0.4, 0.5) is 0 Å². The molecule has 1 aromatic rings. The zero-order valence-electron chi connectivity index (χ0n) is 13.6. The second kappa shape index (κ2) is 6.69. The molecule has 22 heavy (non-hydrogen) atoms. The molecule has 2 heterocycles. The normalized spacial score (nSPS) is 25.1. The minimum absolute atomic E-state index is 0.284. The Kier molecular flexibility index (Phi) is 4.67. The van der Waals surface area contributed by atoms with Crippen LogP contribution in [-0.4, -0.2) is 54.5 Å². The second-order valence-corrected chi connectivity index (χ2v) is 6.49. The third-order valence-electron chi connectivity index (χ3n) is 4.86. The number of likely N-dealkylation sites (tertiary alicyclic amines) is 1. The third-order valence-corrected chi connectivity index (χ3v) is 4.86. The Morgan fingerprint density at radius 2 is 1.91 bits per heavy atom. The maximum absolute atomic E-state index is 12.8. The highest BCUT2D eigenvalue weighted by molar-refractivity contribution is 5.80. The summed E-state index contributed by atoms with van der Waals surface area (Å²) in [6, 6.07) is 8.79. The Morgan fingerprint density at radius 1 is 1.18 bits per heavy atom. The van der Waals surface area contributed by atoms with Crippen LogP contribution in [0.15, 0.2) is 24.3 Å². The van der Waals surface area contributed by atoms with Crippen LogP contribution in [0.1, 0.15) is 31.7 Å². The van der Waals surface area contributed by atoms with Gasteiger partial charge < -0.3 is 14.5 Å². The maximum atomic E-state index is 12.8. The van der Waals surface area contributed by atoms with E-state index in [1.165, 1.54) is 6.42 Å². The number of carbonyl (C=O) groups is 1. The molecule has 120 valence electrons. The van der Waals surface area contributed by atoms with E-state index in [2.05, 4.69) is 16.8 Å². The fraction of sp³-hybridized carbons (Fsp3) is 0.611. The average Bonchev–Trinajstić information content (AvgIpc) is 2.81. The Bertz CT molecular complexity index is 514. The zero-order chi connectivity index (χ0) is 15.5. The molecule has 2 fully saturated rings. The summed E-state index contributed by atoms with van der Waals surface area (Å²) in [5, 5.41) is 0. The van der Waals surface area contributed by atoms with Gasteiger partial charge in [0.15, 0.2) is 0 Å². The molecule has 2 aliphatic rings. The van der Waals surface area contributed by atoms with E-state index < -0.39 is 0 Å². The molecule has 1 aromatic carbocycles. The lowest BCUT2D eigenvalue weighted by Crippen LogP contribution is -2.43. The summed E-state index contributed by atoms with van der Waals surface area (Å²) >= 11 is 0. The molecule has 2 atom stereocenters. The fourth-order valence-corrected chi connectivity index (χ4v) is 3.79. The lowest BCUT2D eigenvalue weighted by Gasteiger charge is -2.28. The molecule has 0 spiro atoms. The molecule has 0 N–H and O–H groups in total. The summed E-state index contributed by atoms with van der Waals surface area (Å²) in [6.07, 6.45) is 3.95. The molecule has 2 aliphatic heterocycles. The molecular formula is C18H26N2O2. The predicted octanol–water partition coefficient (Wildman–Crippen LogP) is 2.32. The van der Waals surface area contributed by atoms with Crippen molar-refractivity contribution in [2.75, 3.05) is 26.7 Å². The number of nitrogens with zero attached hydrogens (tertiary/aromatic N) is 2. The molecular weight excluding hydrogens is 276 g/mol. The van der Waals surface area contributed by atoms with Crippen LogP contribution in [0.3, 0.4) is 0 Å². The molecule has 4 nitrogen and oxygen atoms in total. The fourth-order valence-electron chi connectivity index (χ4n) is 3.79. The first-order chi connectivity index (χ1) is 10.7. The quantitative estimate of drug-likeness (QED) is 0.856. The number of hydrogen-bond acceptors (Lipinski definition) is 3. The van der Waals surface area contributed by atoms with Crippen molar-refractivity contribution in [1.82, 2.24) is 9.80 Å². The van der Waals surface area contributed by atoms with Crippen molar-refractivity contribution in [2.45, 2.75) is 44.7 Å². The van der Waals surface area contributed by atoms with E-state index in [1.807, 2.05) is 31.2 Å². The van der Waals surface area contributed by atoms with Crippen LogP contribution in [0, 0.1) is 0 Å². The van der Waals surface area contributed by atoms with Crippen molar-refractivity contribution in [2.24, 2.45) is 0 Å². The molecule has 4 heteroatoms. The number of amides is 1. The average molecular weight is 302 g/mol. The van der Waals surface area contributed by atoms with Gasteiger partial charge >= 0.3 is 0 Å². The standard InChI is InChI=1S/C18H26N2O2/c1-3-22-17-8-4-14(5-9-17)12-18(21)20-15-6-7-16(20)13-19(2)11-10-15/h4-5,8-9,15-16H,3,6-7,10-13H2,1-2H3/t15-,16+/m1/s1. The molecule has 0 aromatic heterocycles. The van der Waals surface area contributed by atoms with Crippen molar-refractivity contribution in [3.8, 4) is 5.75 Å². The Labute approximate surface area is 133 Å². The van der Waals surface area contributed by atoms with Gasteiger partial charge in [0, 0.05) is 18.6 Å². The highest BCUT2D eigenvalue weighted by atomic mass is 16.5. The van der Waals surface area contributed by atoms with Crippen molar-refractivity contribution >= 4 is 5.91 Å². The summed E-state index contributed by atoms with van der Waals surface area (Å²) in [7, 11) is 2.16. The van der Waals surface area contributed by atoms with Gasteiger partial charge in [-0.25, -0.2) is 0 Å². The molecule has 0 saturated carbocycles. The van der Waals surface area contributed by atoms with Crippen LogP contribution in [0.5, 0.6) is 5.75 Å². The second-order valence-electron chi connectivity index (χ2n) is 6.49. The van der Waals surface area contributed by atoms with Gasteiger partial charge in [-0.15, -0.1) is 0 Å². The number of likely N-dealkylation sites (N-methyl/N-ethyl adjacent to an activating group) is 1. The summed E-state index contributed by atoms with van der Waals surface area (Å²) < 4.78 is 5.45. The highest BCUT2D eigenvalue weighted by Crippen LogP contribution is 2.30. The lowest BCUT2D eigenvalue weighted by atomic mass is 10.1. The van der Waals surface area contributed by atoms with E-state index in [0.717, 1.165) is 37.2 Å². The predicted molar refractivity (Wildman–Crippen MR) is 87.1 cm³/mol. The largest absolute Gasteiger partial charge is 0.494 e. The molecule has 0 aliphatic carbocycles. The Hall–Kier alpha value is -1.55. The number of carbonyl (C=O) groups excluding carboxylic acids is 1. The molecule has 1 amide bonds. The zero-order valence-corrected chi connectivity index (χ0v) is 13.6. The number of fused-ring (bicyclic) bond motifs is 2. The van der Waals surface area contributed by atoms with Crippen LogP contribution in [0.25, 0.3) is 0 Å².